The fraction of sp³-hybridized carbons (Fsp3) is 0.619. The molecule has 0 aromatic heterocycles. The molecule has 2 rings (SSSR count). The Bertz CT molecular complexity index is 680. The van der Waals surface area contributed by atoms with Gasteiger partial charge in [-0.25, -0.2) is 4.99 Å². The molecular weight excluding hydrogens is 406 g/mol. The van der Waals surface area contributed by atoms with Gasteiger partial charge in [-0.3, -0.25) is 9.69 Å². The predicted molar refractivity (Wildman–Crippen MR) is 120 cm³/mol. The van der Waals surface area contributed by atoms with Crippen molar-refractivity contribution in [3.63, 3.8) is 0 Å². The minimum absolute atomic E-state index is 0.0359. The molecule has 0 radical (unpaired) electrons. The molecule has 8 nitrogen and oxygen atoms in total. The maximum absolute atomic E-state index is 12.0. The number of aliphatic imine (C=N–C) groups is 1. The highest BCUT2D eigenvalue weighted by atomic mass is 35.5. The van der Waals surface area contributed by atoms with Gasteiger partial charge >= 0.3 is 0 Å². The number of nitrogens with one attached hydrogen (secondary N) is 1. The molecule has 1 fully saturated rings. The number of rotatable bonds is 10. The van der Waals surface area contributed by atoms with Crippen molar-refractivity contribution in [3.8, 4) is 5.75 Å². The Labute approximate surface area is 184 Å². The monoisotopic (exact) mass is 439 g/mol. The largest absolute Gasteiger partial charge is 0.492 e. The Hall–Kier alpha value is -2.03. The van der Waals surface area contributed by atoms with Crippen LogP contribution < -0.4 is 10.1 Å². The van der Waals surface area contributed by atoms with Crippen LogP contribution in [-0.2, 0) is 9.53 Å². The van der Waals surface area contributed by atoms with Crippen molar-refractivity contribution in [2.75, 3.05) is 80.2 Å². The number of nitrogens with zero attached hydrogens (tertiary/aromatic N) is 4. The van der Waals surface area contributed by atoms with Crippen molar-refractivity contribution in [2.45, 2.75) is 6.42 Å². The van der Waals surface area contributed by atoms with Crippen LogP contribution >= 0.6 is 11.6 Å². The highest BCUT2D eigenvalue weighted by Gasteiger charge is 2.11. The first-order valence-corrected chi connectivity index (χ1v) is 10.7. The van der Waals surface area contributed by atoms with Gasteiger partial charge in [0.1, 0.15) is 18.9 Å². The molecule has 1 N–H and O–H groups in total. The lowest BCUT2D eigenvalue weighted by Crippen LogP contribution is -2.43. The average Bonchev–Trinajstić information content (AvgIpc) is 2.73. The highest BCUT2D eigenvalue weighted by molar-refractivity contribution is 6.30. The second kappa shape index (κ2) is 13.3. The third-order valence-corrected chi connectivity index (χ3v) is 4.99. The summed E-state index contributed by atoms with van der Waals surface area (Å²) in [5.74, 6) is 1.39. The van der Waals surface area contributed by atoms with Gasteiger partial charge in [-0.1, -0.05) is 17.7 Å². The zero-order valence-corrected chi connectivity index (χ0v) is 19.0. The van der Waals surface area contributed by atoms with Gasteiger partial charge in [0.25, 0.3) is 0 Å². The van der Waals surface area contributed by atoms with Crippen molar-refractivity contribution in [1.82, 2.24) is 20.0 Å². The molecule has 0 bridgehead atoms. The Morgan fingerprint density at radius 3 is 2.77 bits per heavy atom. The number of ether oxygens (including phenoxy) is 2. The summed E-state index contributed by atoms with van der Waals surface area (Å²) in [6, 6.07) is 7.34. The van der Waals surface area contributed by atoms with E-state index in [-0.39, 0.29) is 12.5 Å². The maximum Gasteiger partial charge on any atom is 0.243 e. The molecule has 1 aliphatic rings. The average molecular weight is 440 g/mol. The number of morpholine rings is 1. The first-order valence-electron chi connectivity index (χ1n) is 10.3. The van der Waals surface area contributed by atoms with Gasteiger partial charge in [-0.15, -0.1) is 0 Å². The second-order valence-electron chi connectivity index (χ2n) is 7.39. The number of carbonyl (C=O) groups is 1. The number of amides is 1. The SMILES string of the molecule is CN(C)C(=O)CN=C(NCCCN1CCOCC1)N(C)CCOc1cccc(Cl)c1. The van der Waals surface area contributed by atoms with E-state index in [1.54, 1.807) is 25.1 Å². The molecule has 168 valence electrons. The number of hydrogen-bond acceptors (Lipinski definition) is 5. The van der Waals surface area contributed by atoms with Crippen molar-refractivity contribution < 1.29 is 14.3 Å². The Morgan fingerprint density at radius 1 is 1.30 bits per heavy atom. The van der Waals surface area contributed by atoms with E-state index in [4.69, 9.17) is 21.1 Å². The van der Waals surface area contributed by atoms with Crippen molar-refractivity contribution in [1.29, 1.82) is 0 Å². The molecule has 0 atom stereocenters. The zero-order valence-electron chi connectivity index (χ0n) is 18.3. The van der Waals surface area contributed by atoms with E-state index >= 15 is 0 Å². The van der Waals surface area contributed by atoms with Crippen LogP contribution in [0.5, 0.6) is 5.75 Å². The van der Waals surface area contributed by atoms with Crippen LogP contribution in [0, 0.1) is 0 Å². The van der Waals surface area contributed by atoms with Crippen LogP contribution in [0.3, 0.4) is 0 Å². The lowest BCUT2D eigenvalue weighted by molar-refractivity contribution is -0.127. The fourth-order valence-electron chi connectivity index (χ4n) is 2.89. The quantitative estimate of drug-likeness (QED) is 0.337. The van der Waals surface area contributed by atoms with Gasteiger partial charge in [-0.2, -0.15) is 0 Å². The molecular formula is C21H34ClN5O3. The van der Waals surface area contributed by atoms with Crippen LogP contribution in [-0.4, -0.2) is 107 Å². The number of likely N-dealkylation sites (N-methyl/N-ethyl adjacent to an activating group) is 2. The third kappa shape index (κ3) is 9.19. The molecule has 1 heterocycles. The smallest absolute Gasteiger partial charge is 0.243 e. The van der Waals surface area contributed by atoms with Gasteiger partial charge in [0.05, 0.1) is 19.8 Å². The molecule has 1 aliphatic heterocycles. The standard InChI is InChI=1S/C21H34ClN5O3/c1-25(2)20(28)17-24-21(23-8-5-9-27-11-13-29-14-12-27)26(3)10-15-30-19-7-4-6-18(22)16-19/h4,6-7,16H,5,8-15,17H2,1-3H3,(H,23,24). The molecule has 1 saturated heterocycles. The Morgan fingerprint density at radius 2 is 2.07 bits per heavy atom. The second-order valence-corrected chi connectivity index (χ2v) is 7.83. The maximum atomic E-state index is 12.0. The number of carbonyl (C=O) groups excluding carboxylic acids is 1. The first-order chi connectivity index (χ1) is 14.5. The number of halogens is 1. The number of hydrogen-bond donors (Lipinski definition) is 1. The molecule has 1 amide bonds. The lowest BCUT2D eigenvalue weighted by Gasteiger charge is -2.27. The van der Waals surface area contributed by atoms with Crippen LogP contribution in [0.15, 0.2) is 29.3 Å². The molecule has 1 aromatic rings. The van der Waals surface area contributed by atoms with Gasteiger partial charge in [-0.05, 0) is 31.2 Å². The van der Waals surface area contributed by atoms with E-state index in [0.717, 1.165) is 51.6 Å². The van der Waals surface area contributed by atoms with E-state index in [1.807, 2.05) is 30.1 Å². The van der Waals surface area contributed by atoms with E-state index in [2.05, 4.69) is 15.2 Å². The summed E-state index contributed by atoms with van der Waals surface area (Å²) in [6.07, 6.45) is 0.994. The fourth-order valence-corrected chi connectivity index (χ4v) is 3.07. The van der Waals surface area contributed by atoms with E-state index in [9.17, 15) is 4.79 Å². The summed E-state index contributed by atoms with van der Waals surface area (Å²) >= 11 is 5.99. The highest BCUT2D eigenvalue weighted by Crippen LogP contribution is 2.16. The van der Waals surface area contributed by atoms with Crippen LogP contribution in [0.1, 0.15) is 6.42 Å². The Balaban J connectivity index is 1.82. The van der Waals surface area contributed by atoms with Crippen LogP contribution in [0.25, 0.3) is 0 Å². The number of benzene rings is 1. The summed E-state index contributed by atoms with van der Waals surface area (Å²) in [5.41, 5.74) is 0. The summed E-state index contributed by atoms with van der Waals surface area (Å²) in [6.45, 7) is 6.60. The molecule has 0 spiro atoms. The predicted octanol–water partition coefficient (Wildman–Crippen LogP) is 1.41. The lowest BCUT2D eigenvalue weighted by atomic mass is 10.3. The van der Waals surface area contributed by atoms with Gasteiger partial charge in [0.15, 0.2) is 5.96 Å². The first kappa shape index (κ1) is 24.2. The van der Waals surface area contributed by atoms with E-state index < -0.39 is 0 Å². The normalized spacial score (nSPS) is 15.0. The summed E-state index contributed by atoms with van der Waals surface area (Å²) < 4.78 is 11.2. The molecule has 1 aromatic carbocycles. The molecule has 30 heavy (non-hydrogen) atoms. The van der Waals surface area contributed by atoms with Gasteiger partial charge in [0.2, 0.25) is 5.91 Å². The van der Waals surface area contributed by atoms with Crippen molar-refractivity contribution >= 4 is 23.5 Å². The molecule has 9 heteroatoms. The van der Waals surface area contributed by atoms with Crippen LogP contribution in [0.2, 0.25) is 5.02 Å². The van der Waals surface area contributed by atoms with Crippen molar-refractivity contribution in [3.05, 3.63) is 29.3 Å². The van der Waals surface area contributed by atoms with Crippen LogP contribution in [0.4, 0.5) is 0 Å². The molecule has 0 saturated carbocycles. The van der Waals surface area contributed by atoms with E-state index in [1.165, 1.54) is 0 Å². The third-order valence-electron chi connectivity index (χ3n) is 4.75. The topological polar surface area (TPSA) is 69.6 Å². The Kier molecular flexibility index (Phi) is 10.8. The van der Waals surface area contributed by atoms with E-state index in [0.29, 0.717) is 24.1 Å². The molecule has 0 unspecified atom stereocenters. The summed E-state index contributed by atoms with van der Waals surface area (Å²) in [4.78, 5) is 22.4. The minimum Gasteiger partial charge on any atom is -0.492 e. The summed E-state index contributed by atoms with van der Waals surface area (Å²) in [5, 5.41) is 4.03. The zero-order chi connectivity index (χ0) is 21.8. The van der Waals surface area contributed by atoms with Gasteiger partial charge in [0, 0.05) is 45.8 Å². The van der Waals surface area contributed by atoms with Crippen molar-refractivity contribution in [2.24, 2.45) is 4.99 Å². The minimum atomic E-state index is -0.0359. The molecule has 0 aliphatic carbocycles. The van der Waals surface area contributed by atoms with Gasteiger partial charge < -0.3 is 24.6 Å². The number of guanidine groups is 1. The summed E-state index contributed by atoms with van der Waals surface area (Å²) in [7, 11) is 5.40.